The van der Waals surface area contributed by atoms with Crippen molar-refractivity contribution in [1.82, 2.24) is 14.5 Å². The van der Waals surface area contributed by atoms with Crippen molar-refractivity contribution in [3.8, 4) is 22.5 Å². The van der Waals surface area contributed by atoms with E-state index in [9.17, 15) is 9.18 Å². The van der Waals surface area contributed by atoms with Crippen molar-refractivity contribution in [2.75, 3.05) is 0 Å². The van der Waals surface area contributed by atoms with Gasteiger partial charge in [0.25, 0.3) is 0 Å². The summed E-state index contributed by atoms with van der Waals surface area (Å²) in [5.41, 5.74) is 2.90. The second-order valence-electron chi connectivity index (χ2n) is 6.09. The minimum atomic E-state index is -1.05. The molecule has 0 saturated heterocycles. The van der Waals surface area contributed by atoms with E-state index < -0.39 is 5.97 Å². The van der Waals surface area contributed by atoms with Crippen molar-refractivity contribution < 1.29 is 14.3 Å². The molecule has 5 nitrogen and oxygen atoms in total. The van der Waals surface area contributed by atoms with Crippen LogP contribution in [0.5, 0.6) is 0 Å². The number of halogens is 1. The molecule has 0 aliphatic heterocycles. The van der Waals surface area contributed by atoms with Crippen molar-refractivity contribution in [3.05, 3.63) is 66.5 Å². The van der Waals surface area contributed by atoms with Crippen LogP contribution in [0.3, 0.4) is 0 Å². The van der Waals surface area contributed by atoms with E-state index in [1.54, 1.807) is 29.1 Å². The highest BCUT2D eigenvalue weighted by molar-refractivity contribution is 5.85. The van der Waals surface area contributed by atoms with Gasteiger partial charge < -0.3 is 9.67 Å². The van der Waals surface area contributed by atoms with E-state index >= 15 is 0 Å². The Morgan fingerprint density at radius 2 is 1.92 bits per heavy atom. The Balaban J connectivity index is 2.32. The van der Waals surface area contributed by atoms with Crippen LogP contribution >= 0.6 is 0 Å². The first-order valence-electron chi connectivity index (χ1n) is 8.17. The molecule has 132 valence electrons. The number of nitrogens with zero attached hydrogens (tertiary/aromatic N) is 3. The van der Waals surface area contributed by atoms with Crippen LogP contribution in [-0.2, 0) is 4.79 Å². The molecule has 2 aromatic heterocycles. The van der Waals surface area contributed by atoms with Crippen LogP contribution in [0.15, 0.2) is 54.9 Å². The second kappa shape index (κ2) is 7.31. The van der Waals surface area contributed by atoms with Gasteiger partial charge in [-0.3, -0.25) is 4.98 Å². The Morgan fingerprint density at radius 3 is 2.50 bits per heavy atom. The van der Waals surface area contributed by atoms with Crippen LogP contribution in [0.1, 0.15) is 25.6 Å². The summed E-state index contributed by atoms with van der Waals surface area (Å²) >= 11 is 0. The average molecular weight is 351 g/mol. The number of imidazole rings is 1. The smallest absolute Gasteiger partial charge is 0.329 e. The monoisotopic (exact) mass is 351 g/mol. The Labute approximate surface area is 150 Å². The Kier molecular flexibility index (Phi) is 4.93. The fourth-order valence-electron chi connectivity index (χ4n) is 2.73. The maximum absolute atomic E-state index is 13.4. The maximum Gasteiger partial charge on any atom is 0.329 e. The number of carboxylic acid groups (broad SMARTS) is 1. The molecule has 6 heteroatoms. The Hall–Kier alpha value is -3.28. The van der Waals surface area contributed by atoms with Gasteiger partial charge in [-0.1, -0.05) is 13.8 Å². The molecule has 1 N–H and O–H groups in total. The van der Waals surface area contributed by atoms with Gasteiger partial charge in [0, 0.05) is 41.7 Å². The third-order valence-electron chi connectivity index (χ3n) is 3.87. The van der Waals surface area contributed by atoms with E-state index in [0.717, 1.165) is 17.2 Å². The predicted octanol–water partition coefficient (Wildman–Crippen LogP) is 4.43. The highest BCUT2D eigenvalue weighted by atomic mass is 19.1. The van der Waals surface area contributed by atoms with Crippen LogP contribution < -0.4 is 0 Å². The van der Waals surface area contributed by atoms with Crippen molar-refractivity contribution in [2.24, 2.45) is 0 Å². The minimum absolute atomic E-state index is 0.0538. The zero-order chi connectivity index (χ0) is 18.7. The van der Waals surface area contributed by atoms with E-state index in [1.807, 2.05) is 26.0 Å². The van der Waals surface area contributed by atoms with Crippen LogP contribution in [-0.4, -0.2) is 25.6 Å². The first-order valence-corrected chi connectivity index (χ1v) is 8.17. The lowest BCUT2D eigenvalue weighted by Gasteiger charge is -2.10. The number of pyridine rings is 1. The number of carbonyl (C=O) groups is 1. The molecule has 0 amide bonds. The summed E-state index contributed by atoms with van der Waals surface area (Å²) in [6.07, 6.45) is 5.91. The average Bonchev–Trinajstić information content (AvgIpc) is 3.01. The normalized spacial score (nSPS) is 11.4. The topological polar surface area (TPSA) is 68.0 Å². The van der Waals surface area contributed by atoms with Gasteiger partial charge in [0.15, 0.2) is 0 Å². The molecule has 3 rings (SSSR count). The standard InChI is InChI=1S/C20H18FN3O2/c1-13(2)20-23-18(15-4-3-10-22-12-15)19(24(20)11-9-17(25)26)14-5-7-16(21)8-6-14/h3-13H,1-2H3,(H,25,26)/b11-9+. The van der Waals surface area contributed by atoms with E-state index in [-0.39, 0.29) is 11.7 Å². The van der Waals surface area contributed by atoms with Gasteiger partial charge in [-0.15, -0.1) is 0 Å². The molecule has 0 saturated carbocycles. The fourth-order valence-corrected chi connectivity index (χ4v) is 2.73. The molecular formula is C20H18FN3O2. The molecule has 1 aromatic carbocycles. The number of aliphatic carboxylic acids is 1. The SMILES string of the molecule is CC(C)c1nc(-c2cccnc2)c(-c2ccc(F)cc2)n1/C=C/C(=O)O. The van der Waals surface area contributed by atoms with Crippen molar-refractivity contribution in [2.45, 2.75) is 19.8 Å². The van der Waals surface area contributed by atoms with Crippen LogP contribution in [0.25, 0.3) is 28.7 Å². The number of hydrogen-bond donors (Lipinski definition) is 1. The largest absolute Gasteiger partial charge is 0.478 e. The molecule has 26 heavy (non-hydrogen) atoms. The maximum atomic E-state index is 13.4. The highest BCUT2D eigenvalue weighted by Crippen LogP contribution is 2.35. The van der Waals surface area contributed by atoms with Crippen molar-refractivity contribution in [1.29, 1.82) is 0 Å². The molecule has 0 aliphatic rings. The lowest BCUT2D eigenvalue weighted by Crippen LogP contribution is -2.01. The Morgan fingerprint density at radius 1 is 1.19 bits per heavy atom. The van der Waals surface area contributed by atoms with E-state index in [4.69, 9.17) is 10.1 Å². The Bertz CT molecular complexity index is 945. The molecule has 0 aliphatic carbocycles. The predicted molar refractivity (Wildman–Crippen MR) is 97.9 cm³/mol. The second-order valence-corrected chi connectivity index (χ2v) is 6.09. The fraction of sp³-hybridized carbons (Fsp3) is 0.150. The van der Waals surface area contributed by atoms with Gasteiger partial charge in [-0.2, -0.15) is 0 Å². The van der Waals surface area contributed by atoms with Crippen LogP contribution in [0.2, 0.25) is 0 Å². The van der Waals surface area contributed by atoms with Gasteiger partial charge >= 0.3 is 5.97 Å². The summed E-state index contributed by atoms with van der Waals surface area (Å²) in [7, 11) is 0. The lowest BCUT2D eigenvalue weighted by atomic mass is 10.1. The molecule has 0 radical (unpaired) electrons. The summed E-state index contributed by atoms with van der Waals surface area (Å²) in [5.74, 6) is -0.631. The molecule has 0 fully saturated rings. The van der Waals surface area contributed by atoms with Crippen molar-refractivity contribution in [3.63, 3.8) is 0 Å². The van der Waals surface area contributed by atoms with Crippen LogP contribution in [0.4, 0.5) is 4.39 Å². The van der Waals surface area contributed by atoms with Gasteiger partial charge in [-0.05, 0) is 36.4 Å². The van der Waals surface area contributed by atoms with Gasteiger partial charge in [0.2, 0.25) is 0 Å². The summed E-state index contributed by atoms with van der Waals surface area (Å²) in [6, 6.07) is 9.75. The zero-order valence-corrected chi connectivity index (χ0v) is 14.4. The number of hydrogen-bond acceptors (Lipinski definition) is 3. The summed E-state index contributed by atoms with van der Waals surface area (Å²) < 4.78 is 15.1. The number of benzene rings is 1. The number of carboxylic acids is 1. The first-order chi connectivity index (χ1) is 12.5. The van der Waals surface area contributed by atoms with E-state index in [1.165, 1.54) is 18.3 Å². The molecule has 3 aromatic rings. The summed E-state index contributed by atoms with van der Waals surface area (Å²) in [4.78, 5) is 19.9. The molecule has 0 spiro atoms. The molecular weight excluding hydrogens is 333 g/mol. The number of aromatic nitrogens is 3. The first kappa shape index (κ1) is 17.5. The summed E-state index contributed by atoms with van der Waals surface area (Å²) in [5, 5.41) is 9.05. The molecule has 2 heterocycles. The molecule has 0 bridgehead atoms. The van der Waals surface area contributed by atoms with E-state index in [2.05, 4.69) is 4.98 Å². The number of rotatable bonds is 5. The zero-order valence-electron chi connectivity index (χ0n) is 14.4. The van der Waals surface area contributed by atoms with Crippen LogP contribution in [0, 0.1) is 5.82 Å². The van der Waals surface area contributed by atoms with Gasteiger partial charge in [0.1, 0.15) is 11.6 Å². The lowest BCUT2D eigenvalue weighted by molar-refractivity contribution is -0.131. The van der Waals surface area contributed by atoms with Crippen molar-refractivity contribution >= 4 is 12.2 Å². The minimum Gasteiger partial charge on any atom is -0.478 e. The third-order valence-corrected chi connectivity index (χ3v) is 3.87. The summed E-state index contributed by atoms with van der Waals surface area (Å²) in [6.45, 7) is 3.96. The van der Waals surface area contributed by atoms with Gasteiger partial charge in [-0.25, -0.2) is 14.2 Å². The third kappa shape index (κ3) is 3.54. The highest BCUT2D eigenvalue weighted by Gasteiger charge is 2.21. The molecule has 0 unspecified atom stereocenters. The quantitative estimate of drug-likeness (QED) is 0.691. The molecule has 0 atom stereocenters. The van der Waals surface area contributed by atoms with Gasteiger partial charge in [0.05, 0.1) is 11.4 Å². The van der Waals surface area contributed by atoms with E-state index in [0.29, 0.717) is 17.2 Å².